The monoisotopic (exact) mass is 154 g/mol. The Morgan fingerprint density at radius 2 is 2.20 bits per heavy atom. The van der Waals surface area contributed by atoms with Gasteiger partial charge in [0.05, 0.1) is 0 Å². The van der Waals surface area contributed by atoms with Crippen LogP contribution in [0.3, 0.4) is 0 Å². The van der Waals surface area contributed by atoms with E-state index in [0.717, 1.165) is 6.42 Å². The van der Waals surface area contributed by atoms with Crippen molar-refractivity contribution in [1.82, 2.24) is 0 Å². The molecule has 0 unspecified atom stereocenters. The van der Waals surface area contributed by atoms with Crippen molar-refractivity contribution in [3.8, 4) is 0 Å². The topological polar surface area (TPSA) is 9.23 Å². The summed E-state index contributed by atoms with van der Waals surface area (Å²) in [6.45, 7) is 4.46. The summed E-state index contributed by atoms with van der Waals surface area (Å²) in [6, 6.07) is 0. The van der Waals surface area contributed by atoms with Crippen molar-refractivity contribution in [3.05, 3.63) is 23.4 Å². The standard InChI is InChI=1S/C8H14OSi/c1-9-10(2,3)8-6-4-5-7-8/h4-6H,7H2,1-3H3. The average molecular weight is 154 g/mol. The summed E-state index contributed by atoms with van der Waals surface area (Å²) in [5.41, 5.74) is 0. The highest BCUT2D eigenvalue weighted by molar-refractivity contribution is 6.78. The molecule has 0 fully saturated rings. The van der Waals surface area contributed by atoms with E-state index in [1.807, 2.05) is 7.11 Å². The van der Waals surface area contributed by atoms with Gasteiger partial charge in [0.15, 0.2) is 0 Å². The molecule has 0 spiro atoms. The van der Waals surface area contributed by atoms with E-state index in [2.05, 4.69) is 31.3 Å². The van der Waals surface area contributed by atoms with Crippen molar-refractivity contribution in [1.29, 1.82) is 0 Å². The fourth-order valence-corrected chi connectivity index (χ4v) is 2.39. The summed E-state index contributed by atoms with van der Waals surface area (Å²) < 4.78 is 5.45. The summed E-state index contributed by atoms with van der Waals surface area (Å²) in [5.74, 6) is 0. The quantitative estimate of drug-likeness (QED) is 0.554. The molecule has 0 aromatic carbocycles. The Kier molecular flexibility index (Phi) is 2.11. The first-order chi connectivity index (χ1) is 4.67. The SMILES string of the molecule is CO[Si](C)(C)C1=CC=CC1. The minimum atomic E-state index is -1.45. The lowest BCUT2D eigenvalue weighted by molar-refractivity contribution is 0.411. The van der Waals surface area contributed by atoms with E-state index in [1.165, 1.54) is 5.20 Å². The second-order valence-electron chi connectivity index (χ2n) is 3.04. The molecule has 0 heterocycles. The molecule has 0 saturated heterocycles. The van der Waals surface area contributed by atoms with E-state index in [1.54, 1.807) is 0 Å². The van der Waals surface area contributed by atoms with E-state index < -0.39 is 8.32 Å². The lowest BCUT2D eigenvalue weighted by atomic mass is 10.5. The molecule has 0 N–H and O–H groups in total. The predicted molar refractivity (Wildman–Crippen MR) is 46.3 cm³/mol. The number of allylic oxidation sites excluding steroid dienone is 4. The van der Waals surface area contributed by atoms with Gasteiger partial charge in [0.1, 0.15) is 0 Å². The maximum absolute atomic E-state index is 5.45. The molecule has 1 aliphatic rings. The van der Waals surface area contributed by atoms with Crippen LogP contribution in [0, 0.1) is 0 Å². The molecule has 1 rings (SSSR count). The van der Waals surface area contributed by atoms with Crippen LogP contribution in [0.4, 0.5) is 0 Å². The zero-order chi connectivity index (χ0) is 7.61. The molecule has 0 aliphatic heterocycles. The first kappa shape index (κ1) is 7.76. The summed E-state index contributed by atoms with van der Waals surface area (Å²) in [6.07, 6.45) is 7.59. The van der Waals surface area contributed by atoms with Gasteiger partial charge in [-0.05, 0) is 19.5 Å². The summed E-state index contributed by atoms with van der Waals surface area (Å²) in [5, 5.41) is 1.50. The van der Waals surface area contributed by atoms with Crippen LogP contribution in [-0.4, -0.2) is 15.4 Å². The third-order valence-corrected chi connectivity index (χ3v) is 4.99. The fourth-order valence-electron chi connectivity index (χ4n) is 1.02. The van der Waals surface area contributed by atoms with Gasteiger partial charge in [-0.2, -0.15) is 0 Å². The molecule has 10 heavy (non-hydrogen) atoms. The molecule has 0 radical (unpaired) electrons. The Hall–Kier alpha value is -0.343. The summed E-state index contributed by atoms with van der Waals surface area (Å²) in [7, 11) is 0.365. The molecular formula is C8H14OSi. The van der Waals surface area contributed by atoms with Gasteiger partial charge in [0.2, 0.25) is 8.32 Å². The molecule has 0 saturated carbocycles. The van der Waals surface area contributed by atoms with Gasteiger partial charge in [-0.3, -0.25) is 0 Å². The zero-order valence-corrected chi connectivity index (χ0v) is 7.85. The minimum absolute atomic E-state index is 1.10. The molecule has 0 aromatic heterocycles. The summed E-state index contributed by atoms with van der Waals surface area (Å²) in [4.78, 5) is 0. The van der Waals surface area contributed by atoms with Gasteiger partial charge in [0, 0.05) is 7.11 Å². The molecule has 0 amide bonds. The van der Waals surface area contributed by atoms with Crippen LogP contribution >= 0.6 is 0 Å². The first-order valence-corrected chi connectivity index (χ1v) is 6.49. The van der Waals surface area contributed by atoms with Crippen LogP contribution in [0.2, 0.25) is 13.1 Å². The predicted octanol–water partition coefficient (Wildman–Crippen LogP) is 2.26. The molecule has 0 aromatic rings. The van der Waals surface area contributed by atoms with Gasteiger partial charge in [-0.1, -0.05) is 23.4 Å². The lowest BCUT2D eigenvalue weighted by Gasteiger charge is -2.21. The van der Waals surface area contributed by atoms with Crippen molar-refractivity contribution < 1.29 is 4.43 Å². The van der Waals surface area contributed by atoms with Crippen molar-refractivity contribution in [2.45, 2.75) is 19.5 Å². The molecule has 1 aliphatic carbocycles. The molecule has 0 atom stereocenters. The van der Waals surface area contributed by atoms with E-state index >= 15 is 0 Å². The second-order valence-corrected chi connectivity index (χ2v) is 7.11. The Balaban J connectivity index is 2.65. The Morgan fingerprint density at radius 3 is 2.60 bits per heavy atom. The number of hydrogen-bond acceptors (Lipinski definition) is 1. The Labute approximate surface area is 63.5 Å². The second kappa shape index (κ2) is 2.72. The normalized spacial score (nSPS) is 17.7. The van der Waals surface area contributed by atoms with Gasteiger partial charge >= 0.3 is 0 Å². The van der Waals surface area contributed by atoms with Gasteiger partial charge in [0.25, 0.3) is 0 Å². The van der Waals surface area contributed by atoms with Crippen molar-refractivity contribution in [2.75, 3.05) is 7.11 Å². The molecule has 1 nitrogen and oxygen atoms in total. The fraction of sp³-hybridized carbons (Fsp3) is 0.500. The van der Waals surface area contributed by atoms with Crippen LogP contribution in [0.5, 0.6) is 0 Å². The van der Waals surface area contributed by atoms with Crippen molar-refractivity contribution >= 4 is 8.32 Å². The van der Waals surface area contributed by atoms with Crippen molar-refractivity contribution in [3.63, 3.8) is 0 Å². The molecule has 56 valence electrons. The van der Waals surface area contributed by atoms with E-state index in [0.29, 0.717) is 0 Å². The lowest BCUT2D eigenvalue weighted by Crippen LogP contribution is -2.31. The highest BCUT2D eigenvalue weighted by atomic mass is 28.4. The van der Waals surface area contributed by atoms with Crippen molar-refractivity contribution in [2.24, 2.45) is 0 Å². The maximum atomic E-state index is 5.45. The van der Waals surface area contributed by atoms with Gasteiger partial charge in [-0.25, -0.2) is 0 Å². The number of hydrogen-bond donors (Lipinski definition) is 0. The highest BCUT2D eigenvalue weighted by Gasteiger charge is 2.25. The third-order valence-electron chi connectivity index (χ3n) is 2.05. The van der Waals surface area contributed by atoms with Gasteiger partial charge < -0.3 is 4.43 Å². The third kappa shape index (κ3) is 1.38. The van der Waals surface area contributed by atoms with Crippen LogP contribution < -0.4 is 0 Å². The maximum Gasteiger partial charge on any atom is 0.213 e. The first-order valence-electron chi connectivity index (χ1n) is 3.58. The van der Waals surface area contributed by atoms with Crippen LogP contribution in [0.25, 0.3) is 0 Å². The Bertz CT molecular complexity index is 180. The summed E-state index contributed by atoms with van der Waals surface area (Å²) >= 11 is 0. The van der Waals surface area contributed by atoms with Gasteiger partial charge in [-0.15, -0.1) is 0 Å². The Morgan fingerprint density at radius 1 is 1.50 bits per heavy atom. The molecule has 2 heteroatoms. The highest BCUT2D eigenvalue weighted by Crippen LogP contribution is 2.22. The van der Waals surface area contributed by atoms with Crippen LogP contribution in [0.1, 0.15) is 6.42 Å². The molecule has 0 bridgehead atoms. The molecular weight excluding hydrogens is 140 g/mol. The minimum Gasteiger partial charge on any atom is -0.416 e. The van der Waals surface area contributed by atoms with Crippen LogP contribution in [0.15, 0.2) is 23.4 Å². The van der Waals surface area contributed by atoms with E-state index in [-0.39, 0.29) is 0 Å². The van der Waals surface area contributed by atoms with E-state index in [4.69, 9.17) is 4.43 Å². The largest absolute Gasteiger partial charge is 0.416 e. The zero-order valence-electron chi connectivity index (χ0n) is 6.85. The smallest absolute Gasteiger partial charge is 0.213 e. The average Bonchev–Trinajstić information content (AvgIpc) is 2.38. The van der Waals surface area contributed by atoms with Crippen LogP contribution in [-0.2, 0) is 4.43 Å². The number of rotatable bonds is 2. The van der Waals surface area contributed by atoms with E-state index in [9.17, 15) is 0 Å².